The molecule has 0 aromatic heterocycles. The molecule has 6 heteroatoms. The number of sulfonamides is 1. The van der Waals surface area contributed by atoms with Crippen LogP contribution in [0.5, 0.6) is 0 Å². The molecule has 0 aliphatic heterocycles. The molecular formula is C15H22N2O3S. The van der Waals surface area contributed by atoms with Gasteiger partial charge in [-0.2, -0.15) is 4.31 Å². The summed E-state index contributed by atoms with van der Waals surface area (Å²) in [7, 11) is -2.02. The zero-order chi connectivity index (χ0) is 15.9. The maximum Gasteiger partial charge on any atom is 0.243 e. The number of hydrogen-bond donors (Lipinski definition) is 1. The third-order valence-corrected chi connectivity index (χ3v) is 4.94. The Morgan fingerprint density at radius 2 is 2.10 bits per heavy atom. The van der Waals surface area contributed by atoms with Crippen LogP contribution in [-0.4, -0.2) is 45.6 Å². The summed E-state index contributed by atoms with van der Waals surface area (Å²) in [6, 6.07) is 6.44. The van der Waals surface area contributed by atoms with Crippen LogP contribution in [0.25, 0.3) is 0 Å². The molecule has 0 atom stereocenters. The molecule has 0 aliphatic carbocycles. The monoisotopic (exact) mass is 310 g/mol. The fourth-order valence-corrected chi connectivity index (χ4v) is 3.53. The topological polar surface area (TPSA) is 72.6 Å². The quantitative estimate of drug-likeness (QED) is 0.797. The molecule has 0 saturated heterocycles. The SMILES string of the molecule is COCCN(C(C)C)S(=O)(=O)c1cccc(C#CCN)c1. The van der Waals surface area contributed by atoms with Gasteiger partial charge in [0.1, 0.15) is 0 Å². The summed E-state index contributed by atoms with van der Waals surface area (Å²) in [5.41, 5.74) is 5.97. The summed E-state index contributed by atoms with van der Waals surface area (Å²) >= 11 is 0. The number of hydrogen-bond acceptors (Lipinski definition) is 4. The highest BCUT2D eigenvalue weighted by molar-refractivity contribution is 7.89. The van der Waals surface area contributed by atoms with Crippen LogP contribution in [0.3, 0.4) is 0 Å². The van der Waals surface area contributed by atoms with Gasteiger partial charge in [-0.25, -0.2) is 8.42 Å². The zero-order valence-corrected chi connectivity index (χ0v) is 13.5. The predicted octanol–water partition coefficient (Wildman–Crippen LogP) is 1.04. The Kier molecular flexibility index (Phi) is 6.85. The van der Waals surface area contributed by atoms with Gasteiger partial charge >= 0.3 is 0 Å². The molecule has 5 nitrogen and oxygen atoms in total. The van der Waals surface area contributed by atoms with Crippen LogP contribution in [-0.2, 0) is 14.8 Å². The molecule has 0 unspecified atom stereocenters. The third-order valence-electron chi connectivity index (χ3n) is 2.87. The average molecular weight is 310 g/mol. The summed E-state index contributed by atoms with van der Waals surface area (Å²) in [6.45, 7) is 4.58. The second-order valence-electron chi connectivity index (χ2n) is 4.74. The van der Waals surface area contributed by atoms with Crippen molar-refractivity contribution < 1.29 is 13.2 Å². The Labute approximate surface area is 127 Å². The Hall–Kier alpha value is -1.39. The summed E-state index contributed by atoms with van der Waals surface area (Å²) in [6.07, 6.45) is 0. The highest BCUT2D eigenvalue weighted by atomic mass is 32.2. The first kappa shape index (κ1) is 17.7. The van der Waals surface area contributed by atoms with Crippen molar-refractivity contribution in [2.75, 3.05) is 26.8 Å². The van der Waals surface area contributed by atoms with E-state index in [2.05, 4.69) is 11.8 Å². The van der Waals surface area contributed by atoms with Crippen molar-refractivity contribution in [1.82, 2.24) is 4.31 Å². The number of ether oxygens (including phenoxy) is 1. The minimum absolute atomic E-state index is 0.149. The molecule has 0 heterocycles. The van der Waals surface area contributed by atoms with Crippen LogP contribution in [0, 0.1) is 11.8 Å². The zero-order valence-electron chi connectivity index (χ0n) is 12.7. The minimum Gasteiger partial charge on any atom is -0.383 e. The molecule has 1 aromatic carbocycles. The summed E-state index contributed by atoms with van der Waals surface area (Å²) < 4.78 is 31.8. The van der Waals surface area contributed by atoms with E-state index >= 15 is 0 Å². The molecule has 116 valence electrons. The number of nitrogens with zero attached hydrogens (tertiary/aromatic N) is 1. The Morgan fingerprint density at radius 3 is 2.67 bits per heavy atom. The van der Waals surface area contributed by atoms with Gasteiger partial charge < -0.3 is 10.5 Å². The lowest BCUT2D eigenvalue weighted by Gasteiger charge is -2.25. The highest BCUT2D eigenvalue weighted by Gasteiger charge is 2.26. The van der Waals surface area contributed by atoms with E-state index in [0.29, 0.717) is 18.7 Å². The second kappa shape index (κ2) is 8.15. The van der Waals surface area contributed by atoms with Crippen molar-refractivity contribution >= 4 is 10.0 Å². The van der Waals surface area contributed by atoms with Crippen LogP contribution in [0.2, 0.25) is 0 Å². The number of nitrogens with two attached hydrogens (primary N) is 1. The second-order valence-corrected chi connectivity index (χ2v) is 6.63. The van der Waals surface area contributed by atoms with E-state index in [9.17, 15) is 8.42 Å². The Bertz CT molecular complexity index is 615. The number of benzene rings is 1. The first-order chi connectivity index (χ1) is 9.93. The average Bonchev–Trinajstić information content (AvgIpc) is 2.45. The minimum atomic E-state index is -3.57. The lowest BCUT2D eigenvalue weighted by atomic mass is 10.2. The summed E-state index contributed by atoms with van der Waals surface area (Å²) in [5, 5.41) is 0. The predicted molar refractivity (Wildman–Crippen MR) is 83.3 cm³/mol. The summed E-state index contributed by atoms with van der Waals surface area (Å²) in [5.74, 6) is 5.56. The number of rotatable bonds is 6. The standard InChI is InChI=1S/C15H22N2O3S/c1-13(2)17(10-11-20-3)21(18,19)15-8-4-6-14(12-15)7-5-9-16/h4,6,8,12-13H,9-11,16H2,1-3H3. The lowest BCUT2D eigenvalue weighted by Crippen LogP contribution is -2.39. The Balaban J connectivity index is 3.15. The van der Waals surface area contributed by atoms with Crippen molar-refractivity contribution in [3.63, 3.8) is 0 Å². The van der Waals surface area contributed by atoms with Crippen molar-refractivity contribution in [2.45, 2.75) is 24.8 Å². The Morgan fingerprint density at radius 1 is 1.38 bits per heavy atom. The smallest absolute Gasteiger partial charge is 0.243 e. The van der Waals surface area contributed by atoms with Crippen molar-refractivity contribution in [3.05, 3.63) is 29.8 Å². The maximum absolute atomic E-state index is 12.7. The van der Waals surface area contributed by atoms with E-state index in [1.807, 2.05) is 13.8 Å². The van der Waals surface area contributed by atoms with Gasteiger partial charge in [0.05, 0.1) is 18.0 Å². The van der Waals surface area contributed by atoms with E-state index < -0.39 is 10.0 Å². The molecule has 1 rings (SSSR count). The fourth-order valence-electron chi connectivity index (χ4n) is 1.86. The van der Waals surface area contributed by atoms with E-state index in [1.165, 1.54) is 4.31 Å². The van der Waals surface area contributed by atoms with E-state index in [0.717, 1.165) is 0 Å². The largest absolute Gasteiger partial charge is 0.383 e. The van der Waals surface area contributed by atoms with E-state index in [1.54, 1.807) is 31.4 Å². The normalized spacial score (nSPS) is 11.5. The molecule has 0 radical (unpaired) electrons. The first-order valence-electron chi connectivity index (χ1n) is 6.73. The van der Waals surface area contributed by atoms with Gasteiger partial charge in [-0.1, -0.05) is 17.9 Å². The third kappa shape index (κ3) is 4.83. The summed E-state index contributed by atoms with van der Waals surface area (Å²) in [4.78, 5) is 0.233. The molecule has 0 bridgehead atoms. The van der Waals surface area contributed by atoms with Crippen LogP contribution in [0.15, 0.2) is 29.2 Å². The molecule has 21 heavy (non-hydrogen) atoms. The van der Waals surface area contributed by atoms with Crippen molar-refractivity contribution in [2.24, 2.45) is 5.73 Å². The van der Waals surface area contributed by atoms with Gasteiger partial charge in [-0.05, 0) is 32.0 Å². The van der Waals surface area contributed by atoms with Gasteiger partial charge in [0.25, 0.3) is 0 Å². The van der Waals surface area contributed by atoms with Crippen LogP contribution >= 0.6 is 0 Å². The fraction of sp³-hybridized carbons (Fsp3) is 0.467. The maximum atomic E-state index is 12.7. The van der Waals surface area contributed by atoms with Gasteiger partial charge in [0.15, 0.2) is 0 Å². The van der Waals surface area contributed by atoms with Crippen LogP contribution in [0.4, 0.5) is 0 Å². The van der Waals surface area contributed by atoms with Crippen molar-refractivity contribution in [3.8, 4) is 11.8 Å². The van der Waals surface area contributed by atoms with Gasteiger partial charge in [0.2, 0.25) is 10.0 Å². The molecule has 1 aromatic rings. The van der Waals surface area contributed by atoms with Crippen molar-refractivity contribution in [1.29, 1.82) is 0 Å². The molecule has 2 N–H and O–H groups in total. The lowest BCUT2D eigenvalue weighted by molar-refractivity contribution is 0.171. The van der Waals surface area contributed by atoms with Crippen LogP contribution in [0.1, 0.15) is 19.4 Å². The highest BCUT2D eigenvalue weighted by Crippen LogP contribution is 2.19. The molecule has 0 fully saturated rings. The first-order valence-corrected chi connectivity index (χ1v) is 8.17. The number of methoxy groups -OCH3 is 1. The molecule has 0 spiro atoms. The molecule has 0 aliphatic rings. The van der Waals surface area contributed by atoms with E-state index in [4.69, 9.17) is 10.5 Å². The molecular weight excluding hydrogens is 288 g/mol. The van der Waals surface area contributed by atoms with Crippen LogP contribution < -0.4 is 5.73 Å². The van der Waals surface area contributed by atoms with Gasteiger partial charge in [-0.15, -0.1) is 0 Å². The molecule has 0 amide bonds. The molecule has 0 saturated carbocycles. The van der Waals surface area contributed by atoms with Gasteiger partial charge in [-0.3, -0.25) is 0 Å². The van der Waals surface area contributed by atoms with Gasteiger partial charge in [0, 0.05) is 25.3 Å². The van der Waals surface area contributed by atoms with E-state index in [-0.39, 0.29) is 17.5 Å².